The molecule has 1 N–H and O–H groups in total. The van der Waals surface area contributed by atoms with Crippen LogP contribution in [0.25, 0.3) is 0 Å². The highest BCUT2D eigenvalue weighted by Crippen LogP contribution is 2.12. The lowest BCUT2D eigenvalue weighted by Gasteiger charge is -2.25. The van der Waals surface area contributed by atoms with Crippen LogP contribution in [-0.2, 0) is 22.7 Å². The summed E-state index contributed by atoms with van der Waals surface area (Å²) in [5, 5.41) is 11.1. The second kappa shape index (κ2) is 6.83. The summed E-state index contributed by atoms with van der Waals surface area (Å²) in [6, 6.07) is 0.0497. The maximum Gasteiger partial charge on any atom is 0.223 e. The van der Waals surface area contributed by atoms with Gasteiger partial charge in [-0.05, 0) is 18.8 Å². The van der Waals surface area contributed by atoms with Gasteiger partial charge in [-0.25, -0.2) is 4.68 Å². The third-order valence-electron chi connectivity index (χ3n) is 3.83. The van der Waals surface area contributed by atoms with E-state index in [9.17, 15) is 4.79 Å². The van der Waals surface area contributed by atoms with Crippen LogP contribution in [0.5, 0.6) is 0 Å². The van der Waals surface area contributed by atoms with Crippen molar-refractivity contribution in [1.29, 1.82) is 0 Å². The van der Waals surface area contributed by atoms with Gasteiger partial charge in [0, 0.05) is 12.5 Å². The summed E-state index contributed by atoms with van der Waals surface area (Å²) < 4.78 is 7.60. The molecule has 0 spiro atoms. The molecule has 0 fully saturated rings. The van der Waals surface area contributed by atoms with Crippen LogP contribution < -0.4 is 5.32 Å². The first-order valence-corrected chi connectivity index (χ1v) is 7.33. The first-order chi connectivity index (χ1) is 9.58. The molecule has 0 bridgehead atoms. The molecule has 6 heteroatoms. The summed E-state index contributed by atoms with van der Waals surface area (Å²) in [7, 11) is 0. The van der Waals surface area contributed by atoms with E-state index in [1.54, 1.807) is 6.20 Å². The molecule has 0 radical (unpaired) electrons. The highest BCUT2D eigenvalue weighted by molar-refractivity contribution is 5.78. The number of carbonyl (C=O) groups excluding carboxylic acids is 1. The SMILES string of the molecule is CC(C)[C@H]1COCc2cnnn2CCC[C@H](C)C(=O)N1. The monoisotopic (exact) mass is 280 g/mol. The lowest BCUT2D eigenvalue weighted by atomic mass is 10.0. The van der Waals surface area contributed by atoms with Crippen molar-refractivity contribution in [2.45, 2.75) is 52.8 Å². The van der Waals surface area contributed by atoms with Crippen LogP contribution in [-0.4, -0.2) is 33.5 Å². The van der Waals surface area contributed by atoms with E-state index in [4.69, 9.17) is 4.74 Å². The van der Waals surface area contributed by atoms with Crippen molar-refractivity contribution in [3.05, 3.63) is 11.9 Å². The summed E-state index contributed by atoms with van der Waals surface area (Å²) in [6.45, 7) is 7.95. The van der Waals surface area contributed by atoms with Crippen molar-refractivity contribution in [3.63, 3.8) is 0 Å². The quantitative estimate of drug-likeness (QED) is 0.843. The Balaban J connectivity index is 2.09. The molecule has 6 nitrogen and oxygen atoms in total. The molecule has 2 atom stereocenters. The van der Waals surface area contributed by atoms with Gasteiger partial charge >= 0.3 is 0 Å². The molecule has 0 aliphatic carbocycles. The highest BCUT2D eigenvalue weighted by atomic mass is 16.5. The summed E-state index contributed by atoms with van der Waals surface area (Å²) in [5.41, 5.74) is 0.993. The molecule has 1 amide bonds. The first-order valence-electron chi connectivity index (χ1n) is 7.33. The van der Waals surface area contributed by atoms with Gasteiger partial charge in [0.05, 0.1) is 31.1 Å². The number of rotatable bonds is 1. The number of fused-ring (bicyclic) bond motifs is 1. The molecule has 1 aliphatic rings. The van der Waals surface area contributed by atoms with Gasteiger partial charge in [-0.2, -0.15) is 0 Å². The van der Waals surface area contributed by atoms with E-state index in [1.807, 2.05) is 11.6 Å². The summed E-state index contributed by atoms with van der Waals surface area (Å²) >= 11 is 0. The van der Waals surface area contributed by atoms with Crippen molar-refractivity contribution in [3.8, 4) is 0 Å². The van der Waals surface area contributed by atoms with Gasteiger partial charge < -0.3 is 10.1 Å². The minimum atomic E-state index is 0.0163. The largest absolute Gasteiger partial charge is 0.373 e. The molecule has 1 aromatic rings. The molecule has 20 heavy (non-hydrogen) atoms. The van der Waals surface area contributed by atoms with Gasteiger partial charge in [0.1, 0.15) is 0 Å². The molecular weight excluding hydrogens is 256 g/mol. The maximum atomic E-state index is 12.1. The van der Waals surface area contributed by atoms with Gasteiger partial charge in [0.25, 0.3) is 0 Å². The third kappa shape index (κ3) is 3.79. The zero-order valence-electron chi connectivity index (χ0n) is 12.5. The smallest absolute Gasteiger partial charge is 0.223 e. The molecule has 112 valence electrons. The van der Waals surface area contributed by atoms with Crippen molar-refractivity contribution in [2.75, 3.05) is 6.61 Å². The Morgan fingerprint density at radius 1 is 1.50 bits per heavy atom. The predicted octanol–water partition coefficient (Wildman–Crippen LogP) is 1.37. The number of carbonyl (C=O) groups is 1. The van der Waals surface area contributed by atoms with E-state index in [0.29, 0.717) is 19.1 Å². The number of aryl methyl sites for hydroxylation is 1. The average Bonchev–Trinajstić information content (AvgIpc) is 2.83. The van der Waals surface area contributed by atoms with Crippen molar-refractivity contribution in [2.24, 2.45) is 11.8 Å². The molecular formula is C14H24N4O2. The van der Waals surface area contributed by atoms with E-state index in [1.165, 1.54) is 0 Å². The molecule has 2 heterocycles. The standard InChI is InChI=1S/C14H24N4O2/c1-10(2)13-9-20-8-12-7-15-17-18(12)6-4-5-11(3)14(19)16-13/h7,10-11,13H,4-6,8-9H2,1-3H3,(H,16,19)/t11-,13+/m0/s1. The Morgan fingerprint density at radius 3 is 3.05 bits per heavy atom. The Morgan fingerprint density at radius 2 is 2.30 bits per heavy atom. The van der Waals surface area contributed by atoms with Crippen LogP contribution in [0.3, 0.4) is 0 Å². The zero-order valence-corrected chi connectivity index (χ0v) is 12.5. The van der Waals surface area contributed by atoms with Crippen molar-refractivity contribution >= 4 is 5.91 Å². The molecule has 0 unspecified atom stereocenters. The van der Waals surface area contributed by atoms with Crippen LogP contribution in [0, 0.1) is 11.8 Å². The fourth-order valence-corrected chi connectivity index (χ4v) is 2.27. The van der Waals surface area contributed by atoms with Crippen LogP contribution in [0.4, 0.5) is 0 Å². The fraction of sp³-hybridized carbons (Fsp3) is 0.786. The number of ether oxygens (including phenoxy) is 1. The maximum absolute atomic E-state index is 12.1. The molecule has 0 saturated heterocycles. The summed E-state index contributed by atoms with van der Waals surface area (Å²) in [5.74, 6) is 0.478. The third-order valence-corrected chi connectivity index (χ3v) is 3.83. The lowest BCUT2D eigenvalue weighted by Crippen LogP contribution is -2.44. The molecule has 1 aliphatic heterocycles. The van der Waals surface area contributed by atoms with Crippen LogP contribution >= 0.6 is 0 Å². The number of nitrogens with zero attached hydrogens (tertiary/aromatic N) is 3. The number of hydrogen-bond acceptors (Lipinski definition) is 4. The summed E-state index contributed by atoms with van der Waals surface area (Å²) in [4.78, 5) is 12.1. The fourth-order valence-electron chi connectivity index (χ4n) is 2.27. The van der Waals surface area contributed by atoms with E-state index in [-0.39, 0.29) is 17.9 Å². The number of hydrogen-bond donors (Lipinski definition) is 1. The average molecular weight is 280 g/mol. The summed E-state index contributed by atoms with van der Waals surface area (Å²) in [6.07, 6.45) is 3.52. The van der Waals surface area contributed by atoms with Crippen LogP contribution in [0.15, 0.2) is 6.20 Å². The van der Waals surface area contributed by atoms with E-state index in [2.05, 4.69) is 29.5 Å². The van der Waals surface area contributed by atoms with Crippen molar-refractivity contribution in [1.82, 2.24) is 20.3 Å². The second-order valence-electron chi connectivity index (χ2n) is 5.87. The number of nitrogens with one attached hydrogen (secondary N) is 1. The van der Waals surface area contributed by atoms with E-state index in [0.717, 1.165) is 25.1 Å². The second-order valence-corrected chi connectivity index (χ2v) is 5.87. The van der Waals surface area contributed by atoms with Gasteiger partial charge in [-0.1, -0.05) is 26.0 Å². The molecule has 1 aromatic heterocycles. The molecule has 2 rings (SSSR count). The molecule has 0 saturated carbocycles. The molecule has 0 aromatic carbocycles. The Labute approximate surface area is 119 Å². The minimum absolute atomic E-state index is 0.0163. The van der Waals surface area contributed by atoms with E-state index >= 15 is 0 Å². The normalized spacial score (nSPS) is 25.5. The van der Waals surface area contributed by atoms with Gasteiger partial charge in [0.2, 0.25) is 5.91 Å². The zero-order chi connectivity index (χ0) is 14.5. The lowest BCUT2D eigenvalue weighted by molar-refractivity contribution is -0.126. The number of amides is 1. The first kappa shape index (κ1) is 15.0. The minimum Gasteiger partial charge on any atom is -0.373 e. The van der Waals surface area contributed by atoms with Gasteiger partial charge in [0.15, 0.2) is 0 Å². The van der Waals surface area contributed by atoms with Crippen LogP contribution in [0.1, 0.15) is 39.3 Å². The predicted molar refractivity (Wildman–Crippen MR) is 74.8 cm³/mol. The Bertz CT molecular complexity index is 444. The highest BCUT2D eigenvalue weighted by Gasteiger charge is 2.21. The van der Waals surface area contributed by atoms with Gasteiger partial charge in [-0.15, -0.1) is 5.10 Å². The topological polar surface area (TPSA) is 69.0 Å². The Hall–Kier alpha value is -1.43. The number of aromatic nitrogens is 3. The van der Waals surface area contributed by atoms with Crippen molar-refractivity contribution < 1.29 is 9.53 Å². The van der Waals surface area contributed by atoms with Crippen LogP contribution in [0.2, 0.25) is 0 Å². The Kier molecular flexibility index (Phi) is 5.11. The van der Waals surface area contributed by atoms with Gasteiger partial charge in [-0.3, -0.25) is 4.79 Å². The van der Waals surface area contributed by atoms with E-state index < -0.39 is 0 Å².